The number of nitrogens with zero attached hydrogens (tertiary/aromatic N) is 9. The van der Waals surface area contributed by atoms with E-state index in [4.69, 9.17) is 15.7 Å². The van der Waals surface area contributed by atoms with Crippen LogP contribution in [0.3, 0.4) is 0 Å². The molecule has 45 heavy (non-hydrogen) atoms. The van der Waals surface area contributed by atoms with E-state index < -0.39 is 0 Å². The number of fused-ring (bicyclic) bond motifs is 1. The second-order valence-corrected chi connectivity index (χ2v) is 11.4. The third-order valence-corrected chi connectivity index (χ3v) is 8.24. The molecule has 2 atom stereocenters. The molecule has 2 aromatic carbocycles. The zero-order valence-corrected chi connectivity index (χ0v) is 25.1. The van der Waals surface area contributed by atoms with Gasteiger partial charge in [-0.25, -0.2) is 24.9 Å². The number of nitriles is 1. The van der Waals surface area contributed by atoms with E-state index in [9.17, 15) is 5.26 Å². The topological polar surface area (TPSA) is 126 Å². The van der Waals surface area contributed by atoms with Crippen LogP contribution in [0, 0.1) is 11.3 Å². The molecule has 10 nitrogen and oxygen atoms in total. The summed E-state index contributed by atoms with van der Waals surface area (Å²) < 4.78 is 2.07. The van der Waals surface area contributed by atoms with Crippen LogP contribution in [0.15, 0.2) is 97.3 Å². The van der Waals surface area contributed by atoms with Gasteiger partial charge in [-0.15, -0.1) is 0 Å². The van der Waals surface area contributed by atoms with Crippen LogP contribution in [0.4, 0.5) is 11.8 Å². The summed E-state index contributed by atoms with van der Waals surface area (Å²) in [6.07, 6.45) is 3.34. The Hall–Kier alpha value is -5.66. The fourth-order valence-corrected chi connectivity index (χ4v) is 6.26. The number of imidazole rings is 1. The minimum atomic E-state index is 0.191. The number of hydrogen-bond acceptors (Lipinski definition) is 9. The molecule has 1 aliphatic rings. The number of anilines is 2. The number of nitrogens with two attached hydrogens (primary N) is 1. The second kappa shape index (κ2) is 11.8. The van der Waals surface area contributed by atoms with Crippen LogP contribution in [0.1, 0.15) is 25.1 Å². The Balaban J connectivity index is 1.19. The van der Waals surface area contributed by atoms with Crippen molar-refractivity contribution in [3.05, 3.63) is 109 Å². The number of aromatic nitrogens is 6. The Morgan fingerprint density at radius 3 is 2.33 bits per heavy atom. The maximum absolute atomic E-state index is 9.29. The molecule has 10 heteroatoms. The first-order valence-corrected chi connectivity index (χ1v) is 15.0. The summed E-state index contributed by atoms with van der Waals surface area (Å²) in [7, 11) is 0. The van der Waals surface area contributed by atoms with Gasteiger partial charge in [0.25, 0.3) is 0 Å². The number of piperazine rings is 1. The molecular weight excluding hydrogens is 560 g/mol. The molecule has 0 saturated carbocycles. The van der Waals surface area contributed by atoms with Crippen molar-refractivity contribution >= 4 is 22.9 Å². The number of rotatable bonds is 6. The number of nitrogen functional groups attached to an aromatic ring is 1. The van der Waals surface area contributed by atoms with Crippen molar-refractivity contribution in [2.45, 2.75) is 32.5 Å². The molecule has 222 valence electrons. The molecule has 0 amide bonds. The van der Waals surface area contributed by atoms with Gasteiger partial charge in [0.05, 0.1) is 11.3 Å². The van der Waals surface area contributed by atoms with E-state index in [1.807, 2.05) is 42.5 Å². The average Bonchev–Trinajstić information content (AvgIpc) is 3.44. The van der Waals surface area contributed by atoms with Crippen LogP contribution in [0.25, 0.3) is 39.5 Å². The molecule has 7 rings (SSSR count). The van der Waals surface area contributed by atoms with Crippen molar-refractivity contribution in [1.29, 1.82) is 5.26 Å². The van der Waals surface area contributed by atoms with Gasteiger partial charge in [0.2, 0.25) is 5.95 Å². The highest BCUT2D eigenvalue weighted by Gasteiger charge is 2.31. The van der Waals surface area contributed by atoms with Gasteiger partial charge in [-0.2, -0.15) is 5.26 Å². The zero-order valence-electron chi connectivity index (χ0n) is 25.1. The van der Waals surface area contributed by atoms with E-state index in [-0.39, 0.29) is 12.1 Å². The van der Waals surface area contributed by atoms with E-state index in [0.717, 1.165) is 53.3 Å². The van der Waals surface area contributed by atoms with E-state index in [1.54, 1.807) is 18.5 Å². The minimum absolute atomic E-state index is 0.191. The van der Waals surface area contributed by atoms with Gasteiger partial charge >= 0.3 is 0 Å². The molecular formula is C35H32N10. The van der Waals surface area contributed by atoms with Gasteiger partial charge in [0.15, 0.2) is 11.5 Å². The summed E-state index contributed by atoms with van der Waals surface area (Å²) in [5.74, 6) is 1.73. The van der Waals surface area contributed by atoms with Crippen molar-refractivity contribution in [2.75, 3.05) is 23.7 Å². The molecule has 4 aromatic heterocycles. The summed E-state index contributed by atoms with van der Waals surface area (Å²) in [6, 6.07) is 30.7. The molecule has 0 radical (unpaired) electrons. The van der Waals surface area contributed by atoms with Crippen molar-refractivity contribution in [1.82, 2.24) is 34.4 Å². The van der Waals surface area contributed by atoms with Crippen LogP contribution >= 0.6 is 0 Å². The molecule has 1 aliphatic heterocycles. The third kappa shape index (κ3) is 5.46. The lowest BCUT2D eigenvalue weighted by Gasteiger charge is -2.44. The van der Waals surface area contributed by atoms with Crippen molar-refractivity contribution in [3.8, 4) is 34.4 Å². The molecule has 0 bridgehead atoms. The Kier molecular flexibility index (Phi) is 7.37. The first-order chi connectivity index (χ1) is 22.0. The Bertz CT molecular complexity index is 2000. The fourth-order valence-electron chi connectivity index (χ4n) is 6.26. The Morgan fingerprint density at radius 1 is 0.822 bits per heavy atom. The summed E-state index contributed by atoms with van der Waals surface area (Å²) in [6.45, 7) is 6.89. The van der Waals surface area contributed by atoms with Gasteiger partial charge in [0, 0.05) is 55.4 Å². The summed E-state index contributed by atoms with van der Waals surface area (Å²) in [5.41, 5.74) is 13.1. The molecule has 1 fully saturated rings. The van der Waals surface area contributed by atoms with E-state index in [2.05, 4.69) is 85.6 Å². The average molecular weight is 593 g/mol. The monoisotopic (exact) mass is 592 g/mol. The van der Waals surface area contributed by atoms with Crippen LogP contribution in [-0.2, 0) is 6.54 Å². The van der Waals surface area contributed by atoms with Gasteiger partial charge in [-0.1, -0.05) is 42.5 Å². The SMILES string of the molecule is C[C@@H]1CN(Cc2ccc(-n3c(-c4cccnc4N)nc4ccc(-c5ccccc5)nc43)cc2)C[C@H](C)N1c1nccc(C#N)n1. The molecule has 6 aromatic rings. The van der Waals surface area contributed by atoms with E-state index in [0.29, 0.717) is 23.3 Å². The van der Waals surface area contributed by atoms with Gasteiger partial charge in [-0.05, 0) is 61.9 Å². The quantitative estimate of drug-likeness (QED) is 0.267. The van der Waals surface area contributed by atoms with Crippen molar-refractivity contribution in [2.24, 2.45) is 0 Å². The van der Waals surface area contributed by atoms with Crippen LogP contribution in [-0.4, -0.2) is 59.6 Å². The first kappa shape index (κ1) is 28.1. The van der Waals surface area contributed by atoms with Crippen LogP contribution < -0.4 is 10.6 Å². The smallest absolute Gasteiger partial charge is 0.227 e. The highest BCUT2D eigenvalue weighted by Crippen LogP contribution is 2.32. The predicted molar refractivity (Wildman–Crippen MR) is 175 cm³/mol. The summed E-state index contributed by atoms with van der Waals surface area (Å²) in [4.78, 5) is 27.9. The lowest BCUT2D eigenvalue weighted by atomic mass is 10.1. The van der Waals surface area contributed by atoms with Crippen LogP contribution in [0.2, 0.25) is 0 Å². The van der Waals surface area contributed by atoms with Gasteiger partial charge in [0.1, 0.15) is 23.1 Å². The second-order valence-electron chi connectivity index (χ2n) is 11.4. The molecule has 0 unspecified atom stereocenters. The van der Waals surface area contributed by atoms with E-state index in [1.165, 1.54) is 5.56 Å². The lowest BCUT2D eigenvalue weighted by Crippen LogP contribution is -2.57. The molecule has 0 aliphatic carbocycles. The van der Waals surface area contributed by atoms with Crippen LogP contribution in [0.5, 0.6) is 0 Å². The maximum atomic E-state index is 9.29. The molecule has 1 saturated heterocycles. The number of pyridine rings is 2. The normalized spacial score (nSPS) is 17.0. The highest BCUT2D eigenvalue weighted by molar-refractivity contribution is 5.84. The zero-order chi connectivity index (χ0) is 30.9. The highest BCUT2D eigenvalue weighted by atomic mass is 15.4. The molecule has 5 heterocycles. The first-order valence-electron chi connectivity index (χ1n) is 15.0. The molecule has 0 spiro atoms. The van der Waals surface area contributed by atoms with Crippen molar-refractivity contribution < 1.29 is 0 Å². The minimum Gasteiger partial charge on any atom is -0.383 e. The Labute approximate surface area is 261 Å². The Morgan fingerprint density at radius 2 is 1.60 bits per heavy atom. The summed E-state index contributed by atoms with van der Waals surface area (Å²) in [5, 5.41) is 9.29. The standard InChI is InChI=1S/C35H32N10/c1-23-20-43(21-24(2)44(23)35-39-18-16-27(19-36)40-35)22-25-10-12-28(13-11-25)45-33(29-9-6-17-38-32(29)37)42-31-15-14-30(41-34(31)45)26-7-4-3-5-8-26/h3-18,23-24H,20-22H2,1-2H3,(H2,37,38)/t23-,24+. The third-order valence-electron chi connectivity index (χ3n) is 8.24. The fraction of sp³-hybridized carbons (Fsp3) is 0.200. The van der Waals surface area contributed by atoms with Crippen molar-refractivity contribution in [3.63, 3.8) is 0 Å². The van der Waals surface area contributed by atoms with E-state index >= 15 is 0 Å². The number of hydrogen-bond donors (Lipinski definition) is 1. The number of benzene rings is 2. The predicted octanol–water partition coefficient (Wildman–Crippen LogP) is 5.49. The van der Waals surface area contributed by atoms with Gasteiger partial charge in [-0.3, -0.25) is 9.47 Å². The largest absolute Gasteiger partial charge is 0.383 e. The summed E-state index contributed by atoms with van der Waals surface area (Å²) >= 11 is 0. The molecule has 2 N–H and O–H groups in total. The van der Waals surface area contributed by atoms with Gasteiger partial charge < -0.3 is 10.6 Å². The maximum Gasteiger partial charge on any atom is 0.227 e. The lowest BCUT2D eigenvalue weighted by molar-refractivity contribution is 0.191.